The fourth-order valence-electron chi connectivity index (χ4n) is 6.72. The zero-order chi connectivity index (χ0) is 31.8. The fourth-order valence-corrected chi connectivity index (χ4v) is 6.72. The lowest BCUT2D eigenvalue weighted by Gasteiger charge is -2.38. The van der Waals surface area contributed by atoms with E-state index in [9.17, 15) is 15.0 Å². The van der Waals surface area contributed by atoms with Crippen LogP contribution in [-0.4, -0.2) is 57.3 Å². The Labute approximate surface area is 261 Å². The first-order valence-electron chi connectivity index (χ1n) is 15.5. The number of benzene rings is 2. The lowest BCUT2D eigenvalue weighted by molar-refractivity contribution is -0.134. The second-order valence-electron chi connectivity index (χ2n) is 11.6. The third kappa shape index (κ3) is 5.54. The summed E-state index contributed by atoms with van der Waals surface area (Å²) in [6.45, 7) is 7.34. The first-order chi connectivity index (χ1) is 21.8. The maximum Gasteiger partial charge on any atom is 0.292 e. The number of ether oxygens (including phenoxy) is 1. The van der Waals surface area contributed by atoms with Crippen molar-refractivity contribution in [1.29, 1.82) is 0 Å². The predicted molar refractivity (Wildman–Crippen MR) is 173 cm³/mol. The zero-order valence-electron chi connectivity index (χ0n) is 26.2. The van der Waals surface area contributed by atoms with Crippen LogP contribution >= 0.6 is 0 Å². The average molecular weight is 610 g/mol. The van der Waals surface area contributed by atoms with Crippen molar-refractivity contribution in [2.45, 2.75) is 71.4 Å². The molecule has 2 saturated heterocycles. The molecule has 0 saturated carbocycles. The number of anilines is 2. The molecule has 5 aromatic rings. The van der Waals surface area contributed by atoms with E-state index in [1.54, 1.807) is 11.2 Å². The molecule has 1 amide bonds. The summed E-state index contributed by atoms with van der Waals surface area (Å²) in [5.74, 6) is 0.984. The van der Waals surface area contributed by atoms with Crippen LogP contribution in [-0.2, 0) is 11.8 Å². The minimum Gasteiger partial charge on any atom is -0.509 e. The highest BCUT2D eigenvalue weighted by Gasteiger charge is 2.45. The van der Waals surface area contributed by atoms with Crippen molar-refractivity contribution in [3.05, 3.63) is 84.0 Å². The van der Waals surface area contributed by atoms with Gasteiger partial charge in [0.05, 0.1) is 17.4 Å². The lowest BCUT2D eigenvalue weighted by Crippen LogP contribution is -2.46. The summed E-state index contributed by atoms with van der Waals surface area (Å²) in [6, 6.07) is 13.9. The summed E-state index contributed by atoms with van der Waals surface area (Å²) in [4.78, 5) is 23.7. The molecule has 3 N–H and O–H groups in total. The van der Waals surface area contributed by atoms with Gasteiger partial charge in [0, 0.05) is 37.1 Å². The van der Waals surface area contributed by atoms with Gasteiger partial charge in [-0.05, 0) is 93.0 Å². The number of nitrogens with zero attached hydrogens (tertiary/aromatic N) is 6. The van der Waals surface area contributed by atoms with Crippen molar-refractivity contribution < 1.29 is 19.7 Å². The number of hydrogen-bond acceptors (Lipinski definition) is 8. The second-order valence-corrected chi connectivity index (χ2v) is 11.6. The van der Waals surface area contributed by atoms with Gasteiger partial charge in [0.25, 0.3) is 5.91 Å². The van der Waals surface area contributed by atoms with E-state index in [4.69, 9.17) is 4.74 Å². The van der Waals surface area contributed by atoms with Crippen LogP contribution in [0.15, 0.2) is 72.8 Å². The molecular weight excluding hydrogens is 570 g/mol. The summed E-state index contributed by atoms with van der Waals surface area (Å²) in [5, 5.41) is 27.7. The number of aliphatic hydroxyl groups excluding tert-OH is 2. The molecule has 2 fully saturated rings. The van der Waals surface area contributed by atoms with E-state index >= 15 is 0 Å². The third-order valence-electron chi connectivity index (χ3n) is 8.80. The van der Waals surface area contributed by atoms with Gasteiger partial charge >= 0.3 is 0 Å². The predicted octanol–water partition coefficient (Wildman–Crippen LogP) is 7.07. The largest absolute Gasteiger partial charge is 0.509 e. The number of carbonyl (C=O) groups is 1. The number of rotatable bonds is 6. The van der Waals surface area contributed by atoms with Crippen LogP contribution in [0, 0.1) is 6.92 Å². The highest BCUT2D eigenvalue weighted by Crippen LogP contribution is 2.45. The number of piperidine rings is 1. The minimum atomic E-state index is -0.564. The van der Waals surface area contributed by atoms with E-state index in [2.05, 4.69) is 26.4 Å². The van der Waals surface area contributed by atoms with Crippen LogP contribution in [0.4, 0.5) is 11.5 Å². The molecule has 0 spiro atoms. The van der Waals surface area contributed by atoms with Gasteiger partial charge in [-0.15, -0.1) is 0 Å². The summed E-state index contributed by atoms with van der Waals surface area (Å²) in [6.07, 6.45) is 8.56. The second kappa shape index (κ2) is 12.1. The van der Waals surface area contributed by atoms with Crippen LogP contribution in [0.5, 0.6) is 11.5 Å². The van der Waals surface area contributed by atoms with Crippen molar-refractivity contribution in [1.82, 2.24) is 29.0 Å². The number of allylic oxidation sites excluding steroid dienone is 1. The van der Waals surface area contributed by atoms with Gasteiger partial charge in [-0.25, -0.2) is 14.5 Å². The Balaban J connectivity index is 0.00000175. The number of fused-ring (bicyclic) bond motifs is 4. The van der Waals surface area contributed by atoms with Gasteiger partial charge < -0.3 is 29.7 Å². The Morgan fingerprint density at radius 1 is 1.02 bits per heavy atom. The standard InChI is InChI=1S/C32H33N7O4.C2H6/c1-18-12-21(4-9-28(18)43-24-7-8-27-26(15-24)34-17-37(27)3)36-31-29-25(10-11-38(29)35-16-33-31)20-13-22-5-6-23(14-20)39(22)32(42)30(41)19(2)40;1-2/h4,7-12,15-17,20,22-23,40-41H,5-6,13-14H2,1-3H3,(H,33,35,36);1-2H3/b30-19-;. The molecule has 3 aromatic heterocycles. The Kier molecular flexibility index (Phi) is 8.09. The lowest BCUT2D eigenvalue weighted by atomic mass is 9.85. The van der Waals surface area contributed by atoms with Crippen molar-refractivity contribution in [3.63, 3.8) is 0 Å². The van der Waals surface area contributed by atoms with E-state index in [1.807, 2.05) is 79.5 Å². The highest BCUT2D eigenvalue weighted by atomic mass is 16.5. The molecule has 2 atom stereocenters. The van der Waals surface area contributed by atoms with E-state index in [1.165, 1.54) is 13.3 Å². The molecule has 2 aromatic carbocycles. The fraction of sp³-hybridized carbons (Fsp3) is 0.353. The molecule has 0 aliphatic carbocycles. The Bertz CT molecular complexity index is 1890. The van der Waals surface area contributed by atoms with Crippen LogP contribution in [0.3, 0.4) is 0 Å². The molecule has 11 heteroatoms. The van der Waals surface area contributed by atoms with Crippen LogP contribution < -0.4 is 10.1 Å². The van der Waals surface area contributed by atoms with E-state index < -0.39 is 11.7 Å². The molecule has 7 rings (SSSR count). The van der Waals surface area contributed by atoms with E-state index in [0.717, 1.165) is 70.5 Å². The molecule has 11 nitrogen and oxygen atoms in total. The van der Waals surface area contributed by atoms with E-state index in [-0.39, 0.29) is 23.8 Å². The number of amides is 1. The Hall–Kier alpha value is -5.06. The van der Waals surface area contributed by atoms with Gasteiger partial charge in [-0.2, -0.15) is 5.10 Å². The van der Waals surface area contributed by atoms with Gasteiger partial charge in [0.2, 0.25) is 5.76 Å². The summed E-state index contributed by atoms with van der Waals surface area (Å²) in [5.41, 5.74) is 5.81. The number of aromatic nitrogens is 5. The Morgan fingerprint density at radius 2 is 1.78 bits per heavy atom. The van der Waals surface area contributed by atoms with Crippen molar-refractivity contribution in [2.24, 2.45) is 7.05 Å². The van der Waals surface area contributed by atoms with Gasteiger partial charge in [0.15, 0.2) is 5.82 Å². The zero-order valence-corrected chi connectivity index (χ0v) is 26.2. The van der Waals surface area contributed by atoms with Crippen molar-refractivity contribution >= 4 is 34.0 Å². The van der Waals surface area contributed by atoms with Crippen molar-refractivity contribution in [3.8, 4) is 11.5 Å². The first kappa shape index (κ1) is 30.0. The van der Waals surface area contributed by atoms with Gasteiger partial charge in [-0.1, -0.05) is 13.8 Å². The Morgan fingerprint density at radius 3 is 2.49 bits per heavy atom. The third-order valence-corrected chi connectivity index (χ3v) is 8.80. The molecule has 0 radical (unpaired) electrons. The molecule has 2 aliphatic heterocycles. The highest BCUT2D eigenvalue weighted by molar-refractivity contribution is 5.92. The number of nitrogens with one attached hydrogen (secondary N) is 1. The van der Waals surface area contributed by atoms with Crippen LogP contribution in [0.25, 0.3) is 16.6 Å². The van der Waals surface area contributed by atoms with Gasteiger partial charge in [-0.3, -0.25) is 4.79 Å². The summed E-state index contributed by atoms with van der Waals surface area (Å²) >= 11 is 0. The quantitative estimate of drug-likeness (QED) is 0.138. The summed E-state index contributed by atoms with van der Waals surface area (Å²) in [7, 11) is 1.97. The normalized spacial score (nSPS) is 19.7. The molecule has 2 bridgehead atoms. The van der Waals surface area contributed by atoms with Crippen LogP contribution in [0.1, 0.15) is 63.5 Å². The summed E-state index contributed by atoms with van der Waals surface area (Å²) < 4.78 is 10.0. The maximum absolute atomic E-state index is 12.9. The van der Waals surface area contributed by atoms with Gasteiger partial charge in [0.1, 0.15) is 29.1 Å². The molecule has 2 unspecified atom stereocenters. The number of aryl methyl sites for hydroxylation is 2. The number of imidazole rings is 1. The minimum absolute atomic E-state index is 0.00215. The van der Waals surface area contributed by atoms with Crippen LogP contribution in [0.2, 0.25) is 0 Å². The average Bonchev–Trinajstić information content (AvgIpc) is 3.72. The molecular formula is C34H39N7O4. The number of aliphatic hydroxyl groups is 2. The smallest absolute Gasteiger partial charge is 0.292 e. The topological polar surface area (TPSA) is 130 Å². The molecule has 5 heterocycles. The molecule has 2 aliphatic rings. The maximum atomic E-state index is 12.9. The SMILES string of the molecule is C/C(O)=C(/O)C(=O)N1C2CCC1CC(c1ccn3ncnc(Nc4ccc(Oc5ccc6c(c5)ncn6C)c(C)c4)c13)C2.CC. The monoisotopic (exact) mass is 609 g/mol. The number of carbonyl (C=O) groups excluding carboxylic acids is 1. The molecule has 234 valence electrons. The molecule has 45 heavy (non-hydrogen) atoms. The van der Waals surface area contributed by atoms with Crippen molar-refractivity contribution in [2.75, 3.05) is 5.32 Å². The first-order valence-corrected chi connectivity index (χ1v) is 15.5. The number of hydrogen-bond donors (Lipinski definition) is 3. The van der Waals surface area contributed by atoms with E-state index in [0.29, 0.717) is 5.82 Å².